The van der Waals surface area contributed by atoms with Crippen LogP contribution < -0.4 is 9.62 Å². The van der Waals surface area contributed by atoms with Gasteiger partial charge in [-0.15, -0.1) is 0 Å². The Balaban J connectivity index is 1.85. The zero-order valence-electron chi connectivity index (χ0n) is 25.8. The molecule has 0 heterocycles. The maximum absolute atomic E-state index is 14.6. The lowest BCUT2D eigenvalue weighted by Crippen LogP contribution is -2.54. The van der Waals surface area contributed by atoms with Gasteiger partial charge in [-0.25, -0.2) is 8.42 Å². The van der Waals surface area contributed by atoms with Crippen LogP contribution in [0.2, 0.25) is 15.1 Å². The number of hydrogen-bond donors (Lipinski definition) is 1. The summed E-state index contributed by atoms with van der Waals surface area (Å²) in [6.07, 6.45) is 0.866. The molecule has 4 aromatic carbocycles. The molecule has 0 radical (unpaired) electrons. The third-order valence-corrected chi connectivity index (χ3v) is 10.3. The summed E-state index contributed by atoms with van der Waals surface area (Å²) in [6, 6.07) is 25.8. The average Bonchev–Trinajstić information content (AvgIpc) is 3.03. The van der Waals surface area contributed by atoms with Crippen molar-refractivity contribution in [3.8, 4) is 0 Å². The van der Waals surface area contributed by atoms with Gasteiger partial charge in [0, 0.05) is 34.1 Å². The Hall–Kier alpha value is -3.56. The molecule has 4 aromatic rings. The van der Waals surface area contributed by atoms with E-state index in [0.29, 0.717) is 32.6 Å². The number of rotatable bonds is 13. The molecule has 2 unspecified atom stereocenters. The van der Waals surface area contributed by atoms with E-state index in [0.717, 1.165) is 9.87 Å². The minimum atomic E-state index is -4.23. The highest BCUT2D eigenvalue weighted by atomic mass is 35.5. The first-order valence-corrected chi connectivity index (χ1v) is 17.4. The fourth-order valence-corrected chi connectivity index (χ4v) is 7.15. The minimum Gasteiger partial charge on any atom is -0.352 e. The van der Waals surface area contributed by atoms with Gasteiger partial charge in [-0.2, -0.15) is 0 Å². The van der Waals surface area contributed by atoms with Gasteiger partial charge >= 0.3 is 0 Å². The zero-order valence-corrected chi connectivity index (χ0v) is 28.9. The second kappa shape index (κ2) is 15.8. The first-order valence-electron chi connectivity index (χ1n) is 14.8. The minimum absolute atomic E-state index is 0.0137. The van der Waals surface area contributed by atoms with Gasteiger partial charge in [0.15, 0.2) is 0 Å². The van der Waals surface area contributed by atoms with Crippen molar-refractivity contribution in [3.63, 3.8) is 0 Å². The normalized spacial score (nSPS) is 12.7. The highest BCUT2D eigenvalue weighted by molar-refractivity contribution is 7.92. The molecule has 7 nitrogen and oxygen atoms in total. The number of hydrogen-bond acceptors (Lipinski definition) is 4. The summed E-state index contributed by atoms with van der Waals surface area (Å²) in [7, 11) is -4.23. The van der Waals surface area contributed by atoms with Crippen molar-refractivity contribution in [2.24, 2.45) is 0 Å². The largest absolute Gasteiger partial charge is 0.352 e. The van der Waals surface area contributed by atoms with E-state index in [2.05, 4.69) is 5.32 Å². The molecule has 242 valence electrons. The lowest BCUT2D eigenvalue weighted by Gasteiger charge is -2.34. The van der Waals surface area contributed by atoms with Gasteiger partial charge in [-0.05, 0) is 79.4 Å². The van der Waals surface area contributed by atoms with Crippen LogP contribution in [0.4, 0.5) is 5.69 Å². The Morgan fingerprint density at radius 1 is 0.848 bits per heavy atom. The molecule has 0 aliphatic carbocycles. The number of carbonyl (C=O) groups is 2. The van der Waals surface area contributed by atoms with Gasteiger partial charge in [-0.3, -0.25) is 13.9 Å². The van der Waals surface area contributed by atoms with E-state index in [1.54, 1.807) is 61.5 Å². The van der Waals surface area contributed by atoms with Crippen LogP contribution >= 0.6 is 34.8 Å². The quantitative estimate of drug-likeness (QED) is 0.155. The maximum atomic E-state index is 14.6. The number of nitrogens with zero attached hydrogens (tertiary/aromatic N) is 2. The van der Waals surface area contributed by atoms with E-state index in [9.17, 15) is 18.0 Å². The second-order valence-corrected chi connectivity index (χ2v) is 14.2. The van der Waals surface area contributed by atoms with Gasteiger partial charge in [0.1, 0.15) is 12.6 Å². The van der Waals surface area contributed by atoms with E-state index in [1.807, 2.05) is 44.2 Å². The molecule has 0 aliphatic heterocycles. The van der Waals surface area contributed by atoms with Crippen molar-refractivity contribution in [1.29, 1.82) is 0 Å². The van der Waals surface area contributed by atoms with Gasteiger partial charge < -0.3 is 10.2 Å². The monoisotopic (exact) mass is 699 g/mol. The molecule has 0 aliphatic rings. The lowest BCUT2D eigenvalue weighted by molar-refractivity contribution is -0.140. The van der Waals surface area contributed by atoms with Crippen LogP contribution in [0.1, 0.15) is 37.0 Å². The Morgan fingerprint density at radius 2 is 1.46 bits per heavy atom. The summed E-state index contributed by atoms with van der Waals surface area (Å²) in [5.41, 5.74) is 2.22. The molecular weight excluding hydrogens is 665 g/mol. The Labute approximate surface area is 286 Å². The van der Waals surface area contributed by atoms with Crippen LogP contribution in [0, 0.1) is 6.92 Å². The highest BCUT2D eigenvalue weighted by Crippen LogP contribution is 2.30. The molecule has 1 N–H and O–H groups in total. The molecule has 11 heteroatoms. The number of carbonyl (C=O) groups excluding carboxylic acids is 2. The molecule has 4 rings (SSSR count). The van der Waals surface area contributed by atoms with E-state index in [1.165, 1.54) is 17.0 Å². The van der Waals surface area contributed by atoms with Crippen molar-refractivity contribution in [1.82, 2.24) is 10.2 Å². The topological polar surface area (TPSA) is 86.8 Å². The molecule has 0 fully saturated rings. The molecule has 2 atom stereocenters. The molecule has 0 saturated carbocycles. The Kier molecular flexibility index (Phi) is 12.1. The summed E-state index contributed by atoms with van der Waals surface area (Å²) in [5.74, 6) is -0.961. The summed E-state index contributed by atoms with van der Waals surface area (Å²) in [5, 5.41) is 4.17. The van der Waals surface area contributed by atoms with Crippen molar-refractivity contribution < 1.29 is 18.0 Å². The van der Waals surface area contributed by atoms with Crippen LogP contribution in [0.5, 0.6) is 0 Å². The first-order chi connectivity index (χ1) is 21.9. The number of nitrogens with one attached hydrogen (secondary N) is 1. The van der Waals surface area contributed by atoms with Crippen LogP contribution in [0.25, 0.3) is 0 Å². The van der Waals surface area contributed by atoms with Gasteiger partial charge in [0.05, 0.1) is 10.6 Å². The van der Waals surface area contributed by atoms with Gasteiger partial charge in [0.25, 0.3) is 10.0 Å². The van der Waals surface area contributed by atoms with Gasteiger partial charge in [0.2, 0.25) is 11.8 Å². The van der Waals surface area contributed by atoms with E-state index in [4.69, 9.17) is 34.8 Å². The standard InChI is InChI=1S/C35H36Cl3N3O4S/c1-4-25(3)39-35(43)33(20-26-11-7-5-8-12-26)40(22-27-15-16-29(37)21-31(27)38)34(42)23-41(32-18-17-28(36)19-24(32)2)46(44,45)30-13-9-6-10-14-30/h5-19,21,25,33H,4,20,22-23H2,1-3H3,(H,39,43). The molecule has 46 heavy (non-hydrogen) atoms. The van der Waals surface area contributed by atoms with E-state index >= 15 is 0 Å². The highest BCUT2D eigenvalue weighted by Gasteiger charge is 2.35. The molecule has 2 amide bonds. The third kappa shape index (κ3) is 8.82. The number of amides is 2. The summed E-state index contributed by atoms with van der Waals surface area (Å²) < 4.78 is 29.4. The van der Waals surface area contributed by atoms with Crippen LogP contribution in [0.15, 0.2) is 102 Å². The number of anilines is 1. The predicted octanol–water partition coefficient (Wildman–Crippen LogP) is 7.71. The fraction of sp³-hybridized carbons (Fsp3) is 0.257. The zero-order chi connectivity index (χ0) is 33.4. The lowest BCUT2D eigenvalue weighted by atomic mass is 10.0. The SMILES string of the molecule is CCC(C)NC(=O)C(Cc1ccccc1)N(Cc1ccc(Cl)cc1Cl)C(=O)CN(c1ccc(Cl)cc1C)S(=O)(=O)c1ccccc1. The summed E-state index contributed by atoms with van der Waals surface area (Å²) in [6.45, 7) is 4.90. The van der Waals surface area contributed by atoms with Gasteiger partial charge in [-0.1, -0.05) is 96.3 Å². The van der Waals surface area contributed by atoms with E-state index < -0.39 is 28.5 Å². The Morgan fingerprint density at radius 3 is 2.07 bits per heavy atom. The Bertz CT molecular complexity index is 1770. The van der Waals surface area contributed by atoms with Crippen LogP contribution in [-0.4, -0.2) is 43.8 Å². The molecular formula is C35H36Cl3N3O4S. The number of benzene rings is 4. The molecule has 0 saturated heterocycles. The van der Waals surface area contributed by atoms with Crippen molar-refractivity contribution in [2.75, 3.05) is 10.8 Å². The second-order valence-electron chi connectivity index (χ2n) is 11.0. The van der Waals surface area contributed by atoms with Crippen molar-refractivity contribution in [3.05, 3.63) is 129 Å². The number of halogens is 3. The molecule has 0 aromatic heterocycles. The first kappa shape index (κ1) is 35.3. The smallest absolute Gasteiger partial charge is 0.264 e. The average molecular weight is 701 g/mol. The predicted molar refractivity (Wildman–Crippen MR) is 186 cm³/mol. The number of aryl methyl sites for hydroxylation is 1. The summed E-state index contributed by atoms with van der Waals surface area (Å²) >= 11 is 19.0. The molecule has 0 spiro atoms. The maximum Gasteiger partial charge on any atom is 0.264 e. The molecule has 0 bridgehead atoms. The third-order valence-electron chi connectivity index (χ3n) is 7.67. The number of sulfonamides is 1. The van der Waals surface area contributed by atoms with Crippen LogP contribution in [0.3, 0.4) is 0 Å². The van der Waals surface area contributed by atoms with Crippen LogP contribution in [-0.2, 0) is 32.6 Å². The fourth-order valence-electron chi connectivity index (χ4n) is 4.96. The summed E-state index contributed by atoms with van der Waals surface area (Å²) in [4.78, 5) is 30.0. The van der Waals surface area contributed by atoms with E-state index in [-0.39, 0.29) is 35.5 Å². The van der Waals surface area contributed by atoms with Crippen molar-refractivity contribution in [2.45, 2.75) is 57.1 Å². The van der Waals surface area contributed by atoms with Crippen molar-refractivity contribution >= 4 is 62.3 Å².